The van der Waals surface area contributed by atoms with E-state index in [1.165, 1.54) is 44.2 Å². The highest BCUT2D eigenvalue weighted by atomic mass is 15.3. The Kier molecular flexibility index (Phi) is 3.85. The Morgan fingerprint density at radius 3 is 2.88 bits per heavy atom. The van der Waals surface area contributed by atoms with Crippen LogP contribution in [0.15, 0.2) is 18.3 Å². The van der Waals surface area contributed by atoms with Crippen LogP contribution in [0.5, 0.6) is 0 Å². The van der Waals surface area contributed by atoms with E-state index >= 15 is 0 Å². The zero-order valence-electron chi connectivity index (χ0n) is 15.3. The SMILES string of the molecule is CNC1(C2CCCN(c3nccc(Nc4cc(C5CC5)[nH]n4)n3)C2)CC1. The molecule has 1 saturated heterocycles. The molecule has 2 saturated carbocycles. The molecular weight excluding hydrogens is 326 g/mol. The Labute approximate surface area is 154 Å². The predicted octanol–water partition coefficient (Wildman–Crippen LogP) is 2.79. The van der Waals surface area contributed by atoms with Crippen LogP contribution < -0.4 is 15.5 Å². The number of nitrogens with zero attached hydrogens (tertiary/aromatic N) is 4. The highest BCUT2D eigenvalue weighted by molar-refractivity contribution is 5.53. The molecule has 0 amide bonds. The second-order valence-corrected chi connectivity index (χ2v) is 8.04. The molecule has 7 heteroatoms. The number of anilines is 3. The lowest BCUT2D eigenvalue weighted by molar-refractivity contribution is 0.298. The average Bonchev–Trinajstić information content (AvgIpc) is 3.61. The van der Waals surface area contributed by atoms with Gasteiger partial charge in [0, 0.05) is 42.5 Å². The van der Waals surface area contributed by atoms with Crippen molar-refractivity contribution < 1.29 is 0 Å². The molecule has 138 valence electrons. The summed E-state index contributed by atoms with van der Waals surface area (Å²) in [6, 6.07) is 4.01. The summed E-state index contributed by atoms with van der Waals surface area (Å²) < 4.78 is 0. The van der Waals surface area contributed by atoms with Gasteiger partial charge in [0.2, 0.25) is 5.95 Å². The van der Waals surface area contributed by atoms with Crippen LogP contribution in [0.4, 0.5) is 17.6 Å². The highest BCUT2D eigenvalue weighted by Crippen LogP contribution is 2.45. The fraction of sp³-hybridized carbons (Fsp3) is 0.632. The van der Waals surface area contributed by atoms with Gasteiger partial charge < -0.3 is 15.5 Å². The number of aromatic nitrogens is 4. The molecule has 1 atom stereocenters. The van der Waals surface area contributed by atoms with Gasteiger partial charge in [-0.25, -0.2) is 4.98 Å². The van der Waals surface area contributed by atoms with Crippen molar-refractivity contribution in [2.24, 2.45) is 5.92 Å². The maximum atomic E-state index is 4.75. The number of piperidine rings is 1. The Morgan fingerprint density at radius 2 is 2.12 bits per heavy atom. The second kappa shape index (κ2) is 6.23. The van der Waals surface area contributed by atoms with Crippen LogP contribution in [0.3, 0.4) is 0 Å². The molecule has 2 aliphatic carbocycles. The summed E-state index contributed by atoms with van der Waals surface area (Å²) in [4.78, 5) is 11.6. The van der Waals surface area contributed by atoms with Crippen LogP contribution in [0.2, 0.25) is 0 Å². The third-order valence-corrected chi connectivity index (χ3v) is 6.29. The first-order chi connectivity index (χ1) is 12.8. The lowest BCUT2D eigenvalue weighted by atomic mass is 9.88. The highest BCUT2D eigenvalue weighted by Gasteiger charge is 2.49. The summed E-state index contributed by atoms with van der Waals surface area (Å²) in [5.74, 6) is 3.82. The Bertz CT molecular complexity index is 778. The van der Waals surface area contributed by atoms with E-state index in [9.17, 15) is 0 Å². The minimum Gasteiger partial charge on any atom is -0.340 e. The van der Waals surface area contributed by atoms with E-state index in [0.717, 1.165) is 30.7 Å². The van der Waals surface area contributed by atoms with Crippen LogP contribution >= 0.6 is 0 Å². The van der Waals surface area contributed by atoms with Crippen molar-refractivity contribution in [3.05, 3.63) is 24.0 Å². The average molecular weight is 353 g/mol. The molecule has 5 rings (SSSR count). The van der Waals surface area contributed by atoms with Crippen molar-refractivity contribution in [1.82, 2.24) is 25.5 Å². The van der Waals surface area contributed by atoms with Gasteiger partial charge in [0.25, 0.3) is 0 Å². The summed E-state index contributed by atoms with van der Waals surface area (Å²) >= 11 is 0. The van der Waals surface area contributed by atoms with E-state index in [2.05, 4.69) is 43.8 Å². The largest absolute Gasteiger partial charge is 0.340 e. The van der Waals surface area contributed by atoms with E-state index in [1.54, 1.807) is 0 Å². The van der Waals surface area contributed by atoms with Gasteiger partial charge in [-0.1, -0.05) is 0 Å². The molecule has 0 spiro atoms. The third kappa shape index (κ3) is 3.05. The van der Waals surface area contributed by atoms with Crippen molar-refractivity contribution in [3.8, 4) is 0 Å². The van der Waals surface area contributed by atoms with Crippen LogP contribution in [-0.2, 0) is 0 Å². The van der Waals surface area contributed by atoms with Gasteiger partial charge in [-0.2, -0.15) is 10.1 Å². The van der Waals surface area contributed by atoms with Crippen molar-refractivity contribution in [3.63, 3.8) is 0 Å². The van der Waals surface area contributed by atoms with E-state index in [4.69, 9.17) is 4.98 Å². The third-order valence-electron chi connectivity index (χ3n) is 6.29. The first kappa shape index (κ1) is 16.1. The van der Waals surface area contributed by atoms with Gasteiger partial charge in [0.1, 0.15) is 5.82 Å². The monoisotopic (exact) mass is 353 g/mol. The molecule has 3 fully saturated rings. The molecule has 1 unspecified atom stereocenters. The maximum Gasteiger partial charge on any atom is 0.227 e. The van der Waals surface area contributed by atoms with Crippen molar-refractivity contribution in [1.29, 1.82) is 0 Å². The molecule has 1 aliphatic heterocycles. The van der Waals surface area contributed by atoms with Crippen LogP contribution in [0, 0.1) is 5.92 Å². The normalized spacial score (nSPS) is 24.5. The Hall–Kier alpha value is -2.15. The van der Waals surface area contributed by atoms with E-state index in [0.29, 0.717) is 17.4 Å². The van der Waals surface area contributed by atoms with E-state index < -0.39 is 0 Å². The summed E-state index contributed by atoms with van der Waals surface area (Å²) in [5, 5.41) is 14.4. The Morgan fingerprint density at radius 1 is 1.23 bits per heavy atom. The van der Waals surface area contributed by atoms with Gasteiger partial charge in [0.15, 0.2) is 5.82 Å². The number of rotatable bonds is 6. The number of H-pyrrole nitrogens is 1. The molecule has 3 heterocycles. The fourth-order valence-electron chi connectivity index (χ4n) is 4.31. The number of aromatic amines is 1. The summed E-state index contributed by atoms with van der Waals surface area (Å²) in [6.45, 7) is 2.08. The minimum absolute atomic E-state index is 0.364. The standard InChI is InChI=1S/C19H27N7/c1-20-19(7-8-19)14-3-2-10-26(12-14)18-21-9-6-16(23-18)22-17-11-15(24-25-17)13-4-5-13/h6,9,11,13-14,20H,2-5,7-8,10,12H2,1H3,(H2,21,22,23,24,25). The van der Waals surface area contributed by atoms with Gasteiger partial charge >= 0.3 is 0 Å². The molecule has 3 aliphatic rings. The first-order valence-corrected chi connectivity index (χ1v) is 9.85. The number of hydrogen-bond acceptors (Lipinski definition) is 6. The molecule has 0 radical (unpaired) electrons. The second-order valence-electron chi connectivity index (χ2n) is 8.04. The topological polar surface area (TPSA) is 81.8 Å². The lowest BCUT2D eigenvalue weighted by Gasteiger charge is -2.37. The lowest BCUT2D eigenvalue weighted by Crippen LogP contribution is -2.47. The van der Waals surface area contributed by atoms with Crippen molar-refractivity contribution in [2.45, 2.75) is 50.0 Å². The van der Waals surface area contributed by atoms with Crippen LogP contribution in [0.1, 0.15) is 50.1 Å². The molecule has 2 aromatic heterocycles. The predicted molar refractivity (Wildman–Crippen MR) is 102 cm³/mol. The zero-order chi connectivity index (χ0) is 17.6. The molecule has 3 N–H and O–H groups in total. The van der Waals surface area contributed by atoms with Crippen molar-refractivity contribution >= 4 is 17.6 Å². The van der Waals surface area contributed by atoms with E-state index in [1.807, 2.05) is 12.3 Å². The smallest absolute Gasteiger partial charge is 0.227 e. The Balaban J connectivity index is 1.29. The van der Waals surface area contributed by atoms with E-state index in [-0.39, 0.29) is 0 Å². The fourth-order valence-corrected chi connectivity index (χ4v) is 4.31. The molecule has 2 aromatic rings. The first-order valence-electron chi connectivity index (χ1n) is 9.85. The zero-order valence-corrected chi connectivity index (χ0v) is 15.3. The van der Waals surface area contributed by atoms with Crippen LogP contribution in [-0.4, -0.2) is 45.8 Å². The minimum atomic E-state index is 0.364. The van der Waals surface area contributed by atoms with Gasteiger partial charge in [0.05, 0.1) is 0 Å². The molecule has 26 heavy (non-hydrogen) atoms. The molecule has 7 nitrogen and oxygen atoms in total. The van der Waals surface area contributed by atoms with Crippen molar-refractivity contribution in [2.75, 3.05) is 30.4 Å². The van der Waals surface area contributed by atoms with Gasteiger partial charge in [-0.3, -0.25) is 5.10 Å². The molecule has 0 aromatic carbocycles. The maximum absolute atomic E-state index is 4.75. The quantitative estimate of drug-likeness (QED) is 0.741. The molecule has 0 bridgehead atoms. The molecular formula is C19H27N7. The summed E-state index contributed by atoms with van der Waals surface area (Å²) in [7, 11) is 2.10. The number of hydrogen-bond donors (Lipinski definition) is 3. The van der Waals surface area contributed by atoms with Crippen LogP contribution in [0.25, 0.3) is 0 Å². The van der Waals surface area contributed by atoms with Gasteiger partial charge in [-0.05, 0) is 57.6 Å². The number of nitrogens with one attached hydrogen (secondary N) is 3. The summed E-state index contributed by atoms with van der Waals surface area (Å²) in [6.07, 6.45) is 9.48. The summed E-state index contributed by atoms with van der Waals surface area (Å²) in [5.41, 5.74) is 1.59. The van der Waals surface area contributed by atoms with Gasteiger partial charge in [-0.15, -0.1) is 0 Å².